The molecule has 6 N–H and O–H groups in total. The number of rotatable bonds is 3. The monoisotopic (exact) mass is 288 g/mol. The maximum Gasteiger partial charge on any atom is 0.316 e. The number of nitrogens with one attached hydrogen (secondary N) is 2. The largest absolute Gasteiger partial charge is 0.398 e. The number of anilines is 3. The van der Waals surface area contributed by atoms with Gasteiger partial charge in [0, 0.05) is 17.1 Å². The Balaban J connectivity index is 2.12. The topological polar surface area (TPSA) is 110 Å². The van der Waals surface area contributed by atoms with E-state index in [1.807, 2.05) is 0 Å². The van der Waals surface area contributed by atoms with Crippen molar-refractivity contribution >= 4 is 29.0 Å². The summed E-state index contributed by atoms with van der Waals surface area (Å²) in [5, 5.41) is 4.97. The van der Waals surface area contributed by atoms with Gasteiger partial charge in [-0.2, -0.15) is 0 Å². The van der Waals surface area contributed by atoms with Crippen molar-refractivity contribution in [3.8, 4) is 0 Å². The third kappa shape index (κ3) is 3.69. The number of nitrogens with two attached hydrogens (primary N) is 2. The van der Waals surface area contributed by atoms with Crippen molar-refractivity contribution < 1.29 is 14.0 Å². The first-order valence-electron chi connectivity index (χ1n) is 5.98. The van der Waals surface area contributed by atoms with E-state index in [1.54, 1.807) is 24.3 Å². The lowest BCUT2D eigenvalue weighted by molar-refractivity contribution is 0.102. The van der Waals surface area contributed by atoms with Gasteiger partial charge in [0.15, 0.2) is 0 Å². The summed E-state index contributed by atoms with van der Waals surface area (Å²) in [5.41, 5.74) is 11.8. The normalized spacial score (nSPS) is 9.95. The first-order valence-corrected chi connectivity index (χ1v) is 5.98. The molecule has 0 spiro atoms. The highest BCUT2D eigenvalue weighted by atomic mass is 19.1. The zero-order chi connectivity index (χ0) is 15.4. The van der Waals surface area contributed by atoms with Crippen LogP contribution >= 0.6 is 0 Å². The molecule has 0 aliphatic rings. The van der Waals surface area contributed by atoms with Crippen molar-refractivity contribution in [2.24, 2.45) is 5.73 Å². The maximum atomic E-state index is 13.1. The fraction of sp³-hybridized carbons (Fsp3) is 0. The molecule has 2 rings (SSSR count). The lowest BCUT2D eigenvalue weighted by Crippen LogP contribution is -2.19. The first kappa shape index (κ1) is 14.3. The lowest BCUT2D eigenvalue weighted by Gasteiger charge is -2.08. The Hall–Kier alpha value is -3.09. The highest BCUT2D eigenvalue weighted by Gasteiger charge is 2.11. The summed E-state index contributed by atoms with van der Waals surface area (Å²) in [7, 11) is 0. The van der Waals surface area contributed by atoms with Crippen LogP contribution < -0.4 is 22.1 Å². The van der Waals surface area contributed by atoms with Gasteiger partial charge in [-0.05, 0) is 42.5 Å². The zero-order valence-corrected chi connectivity index (χ0v) is 10.9. The number of urea groups is 1. The summed E-state index contributed by atoms with van der Waals surface area (Å²) in [6.07, 6.45) is 0. The molecule has 0 aromatic heterocycles. The van der Waals surface area contributed by atoms with Gasteiger partial charge in [-0.25, -0.2) is 9.18 Å². The Morgan fingerprint density at radius 1 is 0.952 bits per heavy atom. The summed E-state index contributed by atoms with van der Waals surface area (Å²) in [6.45, 7) is 0. The number of halogens is 1. The summed E-state index contributed by atoms with van der Waals surface area (Å²) < 4.78 is 13.1. The number of nitrogen functional groups attached to an aromatic ring is 1. The fourth-order valence-corrected chi connectivity index (χ4v) is 1.70. The molecule has 0 aliphatic carbocycles. The van der Waals surface area contributed by atoms with Crippen molar-refractivity contribution in [1.82, 2.24) is 0 Å². The molecule has 108 valence electrons. The number of amides is 3. The van der Waals surface area contributed by atoms with E-state index in [1.165, 1.54) is 12.1 Å². The molecule has 0 atom stereocenters. The second-order valence-corrected chi connectivity index (χ2v) is 4.25. The number of hydrogen-bond donors (Lipinski definition) is 4. The summed E-state index contributed by atoms with van der Waals surface area (Å²) in [4.78, 5) is 22.7. The highest BCUT2D eigenvalue weighted by Crippen LogP contribution is 2.17. The highest BCUT2D eigenvalue weighted by molar-refractivity contribution is 6.07. The van der Waals surface area contributed by atoms with Crippen molar-refractivity contribution in [2.45, 2.75) is 0 Å². The molecule has 0 fully saturated rings. The molecule has 7 heteroatoms. The van der Waals surface area contributed by atoms with Gasteiger partial charge < -0.3 is 22.1 Å². The minimum Gasteiger partial charge on any atom is -0.398 e. The Bertz CT molecular complexity index is 686. The molecule has 0 radical (unpaired) electrons. The number of primary amides is 1. The van der Waals surface area contributed by atoms with E-state index in [0.29, 0.717) is 11.4 Å². The Kier molecular flexibility index (Phi) is 4.03. The predicted molar refractivity (Wildman–Crippen MR) is 78.4 cm³/mol. The Morgan fingerprint density at radius 2 is 1.52 bits per heavy atom. The van der Waals surface area contributed by atoms with Crippen LogP contribution in [-0.2, 0) is 0 Å². The van der Waals surface area contributed by atoms with Crippen LogP contribution in [0.25, 0.3) is 0 Å². The van der Waals surface area contributed by atoms with Gasteiger partial charge in [0.1, 0.15) is 5.82 Å². The SMILES string of the molecule is NC(=O)Nc1ccc(NC(=O)c2cc(F)ccc2N)cc1. The van der Waals surface area contributed by atoms with Gasteiger partial charge in [0.05, 0.1) is 5.56 Å². The summed E-state index contributed by atoms with van der Waals surface area (Å²) in [5.74, 6) is -1.07. The molecule has 0 aliphatic heterocycles. The second-order valence-electron chi connectivity index (χ2n) is 4.25. The van der Waals surface area contributed by atoms with Gasteiger partial charge in [-0.3, -0.25) is 4.79 Å². The zero-order valence-electron chi connectivity index (χ0n) is 10.9. The second kappa shape index (κ2) is 5.91. The Morgan fingerprint density at radius 3 is 2.10 bits per heavy atom. The quantitative estimate of drug-likeness (QED) is 0.649. The van der Waals surface area contributed by atoms with Crippen LogP contribution in [0.2, 0.25) is 0 Å². The van der Waals surface area contributed by atoms with Gasteiger partial charge in [0.2, 0.25) is 0 Å². The van der Waals surface area contributed by atoms with Crippen LogP contribution in [0.1, 0.15) is 10.4 Å². The average molecular weight is 288 g/mol. The minimum atomic E-state index is -0.681. The predicted octanol–water partition coefficient (Wildman–Crippen LogP) is 2.15. The molecular weight excluding hydrogens is 275 g/mol. The molecule has 3 amide bonds. The standard InChI is InChI=1S/C14H13FN4O2/c15-8-1-6-12(16)11(7-8)13(20)18-9-2-4-10(5-3-9)19-14(17)21/h1-7H,16H2,(H,18,20)(H3,17,19,21). The number of carbonyl (C=O) groups excluding carboxylic acids is 2. The molecule has 0 saturated heterocycles. The minimum absolute atomic E-state index is 0.0503. The van der Waals surface area contributed by atoms with Crippen LogP contribution in [0.5, 0.6) is 0 Å². The van der Waals surface area contributed by atoms with E-state index < -0.39 is 17.8 Å². The molecule has 2 aromatic rings. The summed E-state index contributed by atoms with van der Waals surface area (Å²) >= 11 is 0. The van der Waals surface area contributed by atoms with Gasteiger partial charge in [-0.1, -0.05) is 0 Å². The first-order chi connectivity index (χ1) is 9.95. The third-order valence-electron chi connectivity index (χ3n) is 2.67. The van der Waals surface area contributed by atoms with Gasteiger partial charge >= 0.3 is 6.03 Å². The van der Waals surface area contributed by atoms with Crippen molar-refractivity contribution in [2.75, 3.05) is 16.4 Å². The molecule has 0 heterocycles. The molecule has 2 aromatic carbocycles. The van der Waals surface area contributed by atoms with E-state index in [-0.39, 0.29) is 11.3 Å². The number of hydrogen-bond acceptors (Lipinski definition) is 3. The molecule has 0 unspecified atom stereocenters. The van der Waals surface area contributed by atoms with E-state index in [0.717, 1.165) is 6.07 Å². The van der Waals surface area contributed by atoms with Crippen LogP contribution in [0.4, 0.5) is 26.2 Å². The van der Waals surface area contributed by atoms with E-state index in [9.17, 15) is 14.0 Å². The van der Waals surface area contributed by atoms with Crippen LogP contribution in [0, 0.1) is 5.82 Å². The molecule has 6 nitrogen and oxygen atoms in total. The lowest BCUT2D eigenvalue weighted by atomic mass is 10.1. The van der Waals surface area contributed by atoms with Crippen molar-refractivity contribution in [3.63, 3.8) is 0 Å². The molecule has 0 bridgehead atoms. The number of carbonyl (C=O) groups is 2. The van der Waals surface area contributed by atoms with Crippen LogP contribution in [0.3, 0.4) is 0 Å². The maximum absolute atomic E-state index is 13.1. The van der Waals surface area contributed by atoms with Crippen LogP contribution in [0.15, 0.2) is 42.5 Å². The van der Waals surface area contributed by atoms with Crippen molar-refractivity contribution in [3.05, 3.63) is 53.8 Å². The number of benzene rings is 2. The van der Waals surface area contributed by atoms with E-state index in [4.69, 9.17) is 11.5 Å². The van der Waals surface area contributed by atoms with E-state index >= 15 is 0 Å². The van der Waals surface area contributed by atoms with Crippen molar-refractivity contribution in [1.29, 1.82) is 0 Å². The molecule has 0 saturated carbocycles. The van der Waals surface area contributed by atoms with Gasteiger partial charge in [-0.15, -0.1) is 0 Å². The molecular formula is C14H13FN4O2. The van der Waals surface area contributed by atoms with Gasteiger partial charge in [0.25, 0.3) is 5.91 Å². The van der Waals surface area contributed by atoms with E-state index in [2.05, 4.69) is 10.6 Å². The van der Waals surface area contributed by atoms with Crippen LogP contribution in [-0.4, -0.2) is 11.9 Å². The average Bonchev–Trinajstić information content (AvgIpc) is 2.43. The smallest absolute Gasteiger partial charge is 0.316 e. The fourth-order valence-electron chi connectivity index (χ4n) is 1.70. The Labute approximate surface area is 119 Å². The molecule has 21 heavy (non-hydrogen) atoms. The third-order valence-corrected chi connectivity index (χ3v) is 2.67. The summed E-state index contributed by atoms with van der Waals surface area (Å²) in [6, 6.07) is 9.15.